The zero-order valence-electron chi connectivity index (χ0n) is 13.1. The summed E-state index contributed by atoms with van der Waals surface area (Å²) in [6, 6.07) is 9.40. The number of aryl methyl sites for hydroxylation is 1. The van der Waals surface area contributed by atoms with Crippen molar-refractivity contribution in [3.63, 3.8) is 0 Å². The van der Waals surface area contributed by atoms with Crippen molar-refractivity contribution in [1.82, 2.24) is 5.32 Å². The van der Waals surface area contributed by atoms with Gasteiger partial charge in [0.1, 0.15) is 0 Å². The summed E-state index contributed by atoms with van der Waals surface area (Å²) in [6.07, 6.45) is 9.32. The number of rotatable bonds is 0. The first-order chi connectivity index (χ1) is 10.3. The molecule has 3 aliphatic rings. The minimum atomic E-state index is 0.262. The summed E-state index contributed by atoms with van der Waals surface area (Å²) in [5.41, 5.74) is 3.20. The molecule has 1 aromatic rings. The van der Waals surface area contributed by atoms with E-state index in [1.807, 2.05) is 0 Å². The molecule has 0 aromatic heterocycles. The van der Waals surface area contributed by atoms with Crippen LogP contribution in [0.1, 0.15) is 62.7 Å². The fourth-order valence-electron chi connectivity index (χ4n) is 4.88. The smallest absolute Gasteiger partial charge is 0.0981 e. The second-order valence-corrected chi connectivity index (χ2v) is 7.56. The van der Waals surface area contributed by atoms with Crippen molar-refractivity contribution in [2.24, 2.45) is 5.92 Å². The van der Waals surface area contributed by atoms with E-state index in [2.05, 4.69) is 36.5 Å². The molecule has 0 radical (unpaired) electrons. The normalized spacial score (nSPS) is 39.4. The maximum atomic E-state index is 6.47. The first-order valence-corrected chi connectivity index (χ1v) is 8.73. The van der Waals surface area contributed by atoms with Gasteiger partial charge in [-0.15, -0.1) is 0 Å². The van der Waals surface area contributed by atoms with Crippen molar-refractivity contribution in [3.05, 3.63) is 35.4 Å². The van der Waals surface area contributed by atoms with Crippen LogP contribution in [0.4, 0.5) is 0 Å². The van der Waals surface area contributed by atoms with Gasteiger partial charge in [-0.25, -0.2) is 0 Å². The van der Waals surface area contributed by atoms with E-state index in [1.54, 1.807) is 0 Å². The van der Waals surface area contributed by atoms with Crippen LogP contribution in [0.2, 0.25) is 0 Å². The van der Waals surface area contributed by atoms with Gasteiger partial charge in [0.05, 0.1) is 12.7 Å². The van der Waals surface area contributed by atoms with Crippen LogP contribution in [-0.4, -0.2) is 18.2 Å². The molecule has 1 saturated heterocycles. The van der Waals surface area contributed by atoms with Crippen molar-refractivity contribution in [1.29, 1.82) is 0 Å². The van der Waals surface area contributed by atoms with Crippen molar-refractivity contribution in [3.8, 4) is 0 Å². The third-order valence-corrected chi connectivity index (χ3v) is 5.81. The highest BCUT2D eigenvalue weighted by Crippen LogP contribution is 2.41. The van der Waals surface area contributed by atoms with Crippen LogP contribution in [0.25, 0.3) is 0 Å². The van der Waals surface area contributed by atoms with E-state index in [1.165, 1.54) is 56.1 Å². The lowest BCUT2D eigenvalue weighted by Crippen LogP contribution is -2.61. The van der Waals surface area contributed by atoms with Gasteiger partial charge in [-0.1, -0.05) is 44.0 Å². The fourth-order valence-corrected chi connectivity index (χ4v) is 4.88. The summed E-state index contributed by atoms with van der Waals surface area (Å²) in [5, 5.41) is 4.06. The Bertz CT molecular complexity index is 514. The van der Waals surface area contributed by atoms with E-state index < -0.39 is 0 Å². The van der Waals surface area contributed by atoms with Crippen molar-refractivity contribution >= 4 is 0 Å². The number of morpholine rings is 1. The lowest BCUT2D eigenvalue weighted by atomic mass is 9.75. The molecule has 4 atom stereocenters. The first kappa shape index (κ1) is 13.8. The largest absolute Gasteiger partial charge is 0.370 e. The standard InChI is InChI=1S/C19H27NO/c1-14-6-5-11-19(12-14)13-21-18-16-9-3-2-7-15(16)8-4-10-17(18)20-19/h2-3,7,9,14,17-18,20H,4-6,8,10-13H2,1H3. The van der Waals surface area contributed by atoms with E-state index >= 15 is 0 Å². The molecule has 1 saturated carbocycles. The predicted molar refractivity (Wildman–Crippen MR) is 85.4 cm³/mol. The molecule has 1 aliphatic heterocycles. The fraction of sp³-hybridized carbons (Fsp3) is 0.684. The molecule has 114 valence electrons. The van der Waals surface area contributed by atoms with Crippen molar-refractivity contribution in [2.75, 3.05) is 6.61 Å². The van der Waals surface area contributed by atoms with E-state index in [0.717, 1.165) is 12.5 Å². The quantitative estimate of drug-likeness (QED) is 0.778. The van der Waals surface area contributed by atoms with Crippen LogP contribution < -0.4 is 5.32 Å². The van der Waals surface area contributed by atoms with Crippen molar-refractivity contribution < 1.29 is 4.74 Å². The minimum absolute atomic E-state index is 0.262. The number of hydrogen-bond donors (Lipinski definition) is 1. The Morgan fingerprint density at radius 3 is 3.00 bits per heavy atom. The zero-order chi connectivity index (χ0) is 14.3. The van der Waals surface area contributed by atoms with Gasteiger partial charge >= 0.3 is 0 Å². The van der Waals surface area contributed by atoms with Gasteiger partial charge in [-0.2, -0.15) is 0 Å². The van der Waals surface area contributed by atoms with E-state index in [4.69, 9.17) is 4.74 Å². The molecule has 1 heterocycles. The molecule has 0 amide bonds. The summed E-state index contributed by atoms with van der Waals surface area (Å²) < 4.78 is 6.47. The Morgan fingerprint density at radius 1 is 1.19 bits per heavy atom. The van der Waals surface area contributed by atoms with Crippen LogP contribution in [0.5, 0.6) is 0 Å². The molecular weight excluding hydrogens is 258 g/mol. The number of nitrogens with one attached hydrogen (secondary N) is 1. The highest BCUT2D eigenvalue weighted by atomic mass is 16.5. The lowest BCUT2D eigenvalue weighted by molar-refractivity contribution is -0.0817. The van der Waals surface area contributed by atoms with Gasteiger partial charge in [-0.3, -0.25) is 0 Å². The molecule has 1 N–H and O–H groups in total. The van der Waals surface area contributed by atoms with Crippen molar-refractivity contribution in [2.45, 2.75) is 69.6 Å². The highest BCUT2D eigenvalue weighted by Gasteiger charge is 2.44. The maximum absolute atomic E-state index is 6.47. The third kappa shape index (κ3) is 2.53. The summed E-state index contributed by atoms with van der Waals surface area (Å²) in [6.45, 7) is 3.30. The van der Waals surface area contributed by atoms with E-state index in [9.17, 15) is 0 Å². The molecule has 1 aromatic carbocycles. The van der Waals surface area contributed by atoms with Crippen LogP contribution in [0.15, 0.2) is 24.3 Å². The molecule has 4 rings (SSSR count). The third-order valence-electron chi connectivity index (χ3n) is 5.81. The van der Waals surface area contributed by atoms with Crippen LogP contribution in [0, 0.1) is 5.92 Å². The lowest BCUT2D eigenvalue weighted by Gasteiger charge is -2.49. The molecular formula is C19H27NO. The minimum Gasteiger partial charge on any atom is -0.370 e. The average molecular weight is 285 g/mol. The molecule has 2 aliphatic carbocycles. The molecule has 2 fully saturated rings. The zero-order valence-corrected chi connectivity index (χ0v) is 13.1. The summed E-state index contributed by atoms with van der Waals surface area (Å²) >= 11 is 0. The molecule has 0 bridgehead atoms. The Hall–Kier alpha value is -0.860. The highest BCUT2D eigenvalue weighted by molar-refractivity contribution is 5.32. The molecule has 2 nitrogen and oxygen atoms in total. The predicted octanol–water partition coefficient (Wildman–Crippen LogP) is 4.00. The molecule has 1 spiro atoms. The summed E-state index contributed by atoms with van der Waals surface area (Å²) in [4.78, 5) is 0. The van der Waals surface area contributed by atoms with Crippen LogP contribution in [-0.2, 0) is 11.2 Å². The van der Waals surface area contributed by atoms with Crippen LogP contribution >= 0.6 is 0 Å². The van der Waals surface area contributed by atoms with E-state index in [-0.39, 0.29) is 11.6 Å². The van der Waals surface area contributed by atoms with Gasteiger partial charge < -0.3 is 10.1 Å². The Labute approximate surface area is 128 Å². The number of benzene rings is 1. The number of fused-ring (bicyclic) bond motifs is 3. The summed E-state index contributed by atoms with van der Waals surface area (Å²) in [5.74, 6) is 0.837. The SMILES string of the molecule is CC1CCCC2(COC3c4ccccc4CCCC3N2)C1. The van der Waals surface area contributed by atoms with Gasteiger partial charge in [0, 0.05) is 11.6 Å². The van der Waals surface area contributed by atoms with Gasteiger partial charge in [0.25, 0.3) is 0 Å². The number of hydrogen-bond acceptors (Lipinski definition) is 2. The number of ether oxygens (including phenoxy) is 1. The van der Waals surface area contributed by atoms with Gasteiger partial charge in [-0.05, 0) is 49.1 Å². The Kier molecular flexibility index (Phi) is 3.55. The Morgan fingerprint density at radius 2 is 2.10 bits per heavy atom. The van der Waals surface area contributed by atoms with E-state index in [0.29, 0.717) is 6.04 Å². The van der Waals surface area contributed by atoms with Gasteiger partial charge in [0.15, 0.2) is 0 Å². The van der Waals surface area contributed by atoms with Gasteiger partial charge in [0.2, 0.25) is 0 Å². The molecule has 2 heteroatoms. The second-order valence-electron chi connectivity index (χ2n) is 7.56. The topological polar surface area (TPSA) is 21.3 Å². The summed E-state index contributed by atoms with van der Waals surface area (Å²) in [7, 11) is 0. The first-order valence-electron chi connectivity index (χ1n) is 8.73. The Balaban J connectivity index is 1.59. The maximum Gasteiger partial charge on any atom is 0.0981 e. The molecule has 4 unspecified atom stereocenters. The van der Waals surface area contributed by atoms with Crippen LogP contribution in [0.3, 0.4) is 0 Å². The molecule has 21 heavy (non-hydrogen) atoms. The monoisotopic (exact) mass is 285 g/mol. The average Bonchev–Trinajstić information content (AvgIpc) is 2.65. The second kappa shape index (κ2) is 5.40.